The smallest absolute Gasteiger partial charge is 0.319 e. The number of aromatic amines is 1. The van der Waals surface area contributed by atoms with Crippen LogP contribution < -0.4 is 15.0 Å². The number of benzene rings is 1. The van der Waals surface area contributed by atoms with Gasteiger partial charge in [-0.15, -0.1) is 0 Å². The third kappa shape index (κ3) is 4.78. The Balaban J connectivity index is 0.000000514. The van der Waals surface area contributed by atoms with Gasteiger partial charge < -0.3 is 19.7 Å². The van der Waals surface area contributed by atoms with Crippen LogP contribution in [-0.4, -0.2) is 70.0 Å². The van der Waals surface area contributed by atoms with Crippen LogP contribution in [0.25, 0.3) is 33.1 Å². The predicted octanol–water partition coefficient (Wildman–Crippen LogP) is 3.53. The maximum absolute atomic E-state index is 16.0. The van der Waals surface area contributed by atoms with Crippen LogP contribution in [0.4, 0.5) is 10.2 Å². The first-order valence-electron chi connectivity index (χ1n) is 12.5. The second kappa shape index (κ2) is 10.6. The summed E-state index contributed by atoms with van der Waals surface area (Å²) in [5.41, 5.74) is 2.96. The molecular weight excluding hydrogens is 477 g/mol. The van der Waals surface area contributed by atoms with E-state index < -0.39 is 5.82 Å². The molecule has 5 heterocycles. The maximum atomic E-state index is 16.0. The van der Waals surface area contributed by atoms with Gasteiger partial charge in [0.25, 0.3) is 6.47 Å². The average molecular weight is 508 g/mol. The van der Waals surface area contributed by atoms with E-state index in [1.165, 1.54) is 0 Å². The van der Waals surface area contributed by atoms with Crippen LogP contribution in [0.3, 0.4) is 0 Å². The van der Waals surface area contributed by atoms with Crippen molar-refractivity contribution in [1.82, 2.24) is 30.5 Å². The molecule has 10 nitrogen and oxygen atoms in total. The fourth-order valence-corrected chi connectivity index (χ4v) is 5.11. The third-order valence-corrected chi connectivity index (χ3v) is 6.74. The van der Waals surface area contributed by atoms with Gasteiger partial charge in [-0.3, -0.25) is 14.9 Å². The van der Waals surface area contributed by atoms with Crippen molar-refractivity contribution in [3.63, 3.8) is 0 Å². The Morgan fingerprint density at radius 2 is 1.89 bits per heavy atom. The Labute approximate surface area is 213 Å². The Hall–Kier alpha value is -3.86. The number of fused-ring (bicyclic) bond motifs is 4. The molecule has 1 aromatic carbocycles. The molecule has 2 unspecified atom stereocenters. The Kier molecular flexibility index (Phi) is 7.13. The van der Waals surface area contributed by atoms with Crippen molar-refractivity contribution >= 4 is 34.1 Å². The van der Waals surface area contributed by atoms with Crippen LogP contribution in [-0.2, 0) is 9.53 Å². The Morgan fingerprint density at radius 1 is 1.11 bits per heavy atom. The monoisotopic (exact) mass is 507 g/mol. The fourth-order valence-electron chi connectivity index (χ4n) is 5.11. The summed E-state index contributed by atoms with van der Waals surface area (Å²) >= 11 is 0. The number of carbonyl (C=O) groups is 1. The van der Waals surface area contributed by atoms with E-state index in [0.717, 1.165) is 42.4 Å². The molecule has 6 rings (SSSR count). The summed E-state index contributed by atoms with van der Waals surface area (Å²) in [7, 11) is 0. The van der Waals surface area contributed by atoms with Gasteiger partial charge in [-0.05, 0) is 45.2 Å². The van der Waals surface area contributed by atoms with E-state index >= 15 is 4.39 Å². The van der Waals surface area contributed by atoms with Gasteiger partial charge in [-0.2, -0.15) is 15.1 Å². The third-order valence-electron chi connectivity index (χ3n) is 6.74. The number of carbonyl (C=O) groups excluding carboxylic acids is 1. The van der Waals surface area contributed by atoms with Gasteiger partial charge >= 0.3 is 6.01 Å². The summed E-state index contributed by atoms with van der Waals surface area (Å²) in [5, 5.41) is 12.1. The highest BCUT2D eigenvalue weighted by molar-refractivity contribution is 5.98. The van der Waals surface area contributed by atoms with Gasteiger partial charge in [0.05, 0.1) is 30.3 Å². The van der Waals surface area contributed by atoms with Crippen LogP contribution in [0, 0.1) is 12.7 Å². The van der Waals surface area contributed by atoms with Gasteiger partial charge in [-0.25, -0.2) is 4.39 Å². The molecule has 37 heavy (non-hydrogen) atoms. The van der Waals surface area contributed by atoms with E-state index in [1.807, 2.05) is 26.0 Å². The molecule has 4 aromatic rings. The van der Waals surface area contributed by atoms with E-state index in [0.29, 0.717) is 48.5 Å². The van der Waals surface area contributed by atoms with Gasteiger partial charge in [0.2, 0.25) is 0 Å². The summed E-state index contributed by atoms with van der Waals surface area (Å²) in [6.07, 6.45) is 5.69. The number of ether oxygens (including phenoxy) is 2. The first-order valence-corrected chi connectivity index (χ1v) is 12.5. The zero-order valence-corrected chi connectivity index (χ0v) is 21.1. The molecule has 2 fully saturated rings. The number of aryl methyl sites for hydroxylation is 1. The minimum Gasteiger partial charge on any atom is -0.468 e. The number of pyridine rings is 1. The molecule has 194 valence electrons. The molecule has 0 radical (unpaired) electrons. The second-order valence-corrected chi connectivity index (χ2v) is 9.13. The molecule has 0 aliphatic carbocycles. The largest absolute Gasteiger partial charge is 0.468 e. The molecule has 2 bridgehead atoms. The number of halogens is 1. The zero-order valence-electron chi connectivity index (χ0n) is 21.1. The van der Waals surface area contributed by atoms with Gasteiger partial charge in [-0.1, -0.05) is 6.07 Å². The molecule has 0 spiro atoms. The van der Waals surface area contributed by atoms with E-state index in [2.05, 4.69) is 40.1 Å². The van der Waals surface area contributed by atoms with Crippen LogP contribution >= 0.6 is 0 Å². The summed E-state index contributed by atoms with van der Waals surface area (Å²) in [5.74, 6) is 0.218. The van der Waals surface area contributed by atoms with Crippen LogP contribution in [0.2, 0.25) is 0 Å². The predicted molar refractivity (Wildman–Crippen MR) is 138 cm³/mol. The van der Waals surface area contributed by atoms with Crippen molar-refractivity contribution in [1.29, 1.82) is 0 Å². The Morgan fingerprint density at radius 3 is 2.57 bits per heavy atom. The highest BCUT2D eigenvalue weighted by Crippen LogP contribution is 2.37. The van der Waals surface area contributed by atoms with E-state index in [1.54, 1.807) is 19.3 Å². The lowest BCUT2D eigenvalue weighted by Crippen LogP contribution is -2.51. The van der Waals surface area contributed by atoms with E-state index in [-0.39, 0.29) is 17.2 Å². The summed E-state index contributed by atoms with van der Waals surface area (Å²) in [4.78, 5) is 25.1. The van der Waals surface area contributed by atoms with E-state index in [9.17, 15) is 4.79 Å². The number of rotatable bonds is 6. The van der Waals surface area contributed by atoms with E-state index in [4.69, 9.17) is 4.74 Å². The summed E-state index contributed by atoms with van der Waals surface area (Å²) in [6, 6.07) is 4.91. The standard InChI is InChI=1S/C23H24FN7O.C3H6O2/c1-3-32-23-28-20-16(22(29-23)31-10-13-5-6-14(11-31)27-13)8-25-21(19(20)24)18-12(2)4-7-17-15(18)9-26-30-17;1-2-5-3-4/h4,7-9,13-14,27H,3,5-6,10-11H2,1-2H3,(H,26,30);3H,2H2,1H3. The highest BCUT2D eigenvalue weighted by atomic mass is 19.1. The zero-order chi connectivity index (χ0) is 25.9. The molecule has 2 aliphatic heterocycles. The quantitative estimate of drug-likeness (QED) is 0.378. The number of aromatic nitrogens is 5. The van der Waals surface area contributed by atoms with Crippen LogP contribution in [0.15, 0.2) is 24.5 Å². The average Bonchev–Trinajstić information content (AvgIpc) is 3.51. The lowest BCUT2D eigenvalue weighted by atomic mass is 10.00. The van der Waals surface area contributed by atoms with Gasteiger partial charge in [0, 0.05) is 42.3 Å². The normalized spacial score (nSPS) is 18.5. The number of nitrogens with one attached hydrogen (secondary N) is 2. The van der Waals surface area contributed by atoms with Crippen LogP contribution in [0.5, 0.6) is 6.01 Å². The number of piperazine rings is 1. The number of H-pyrrole nitrogens is 1. The fraction of sp³-hybridized carbons (Fsp3) is 0.423. The second-order valence-electron chi connectivity index (χ2n) is 9.13. The van der Waals surface area contributed by atoms with Crippen molar-refractivity contribution in [3.05, 3.63) is 35.9 Å². The number of nitrogens with zero attached hydrogens (tertiary/aromatic N) is 5. The molecule has 2 saturated heterocycles. The van der Waals surface area contributed by atoms with Crippen molar-refractivity contribution in [3.8, 4) is 17.3 Å². The number of hydrogen-bond acceptors (Lipinski definition) is 9. The SMILES string of the molecule is CCOC=O.CCOc1nc(N2CC3CCC(C2)N3)c2cnc(-c3c(C)ccc4[nH]ncc34)c(F)c2n1. The lowest BCUT2D eigenvalue weighted by molar-refractivity contribution is -0.128. The molecule has 3 aromatic heterocycles. The summed E-state index contributed by atoms with van der Waals surface area (Å²) in [6.45, 7) is 8.54. The molecular formula is C26H30FN7O3. The van der Waals surface area contributed by atoms with Crippen molar-refractivity contribution in [2.75, 3.05) is 31.2 Å². The topological polar surface area (TPSA) is 118 Å². The van der Waals surface area contributed by atoms with Crippen molar-refractivity contribution in [2.24, 2.45) is 0 Å². The lowest BCUT2D eigenvalue weighted by Gasteiger charge is -2.34. The van der Waals surface area contributed by atoms with Gasteiger partial charge in [0.15, 0.2) is 5.82 Å². The molecule has 2 atom stereocenters. The van der Waals surface area contributed by atoms with Crippen molar-refractivity contribution in [2.45, 2.75) is 45.7 Å². The summed E-state index contributed by atoms with van der Waals surface area (Å²) < 4.78 is 25.8. The van der Waals surface area contributed by atoms with Crippen molar-refractivity contribution < 1.29 is 18.7 Å². The maximum Gasteiger partial charge on any atom is 0.319 e. The minimum absolute atomic E-state index is 0.190. The van der Waals surface area contributed by atoms with Gasteiger partial charge in [0.1, 0.15) is 17.0 Å². The molecule has 2 N–H and O–H groups in total. The highest BCUT2D eigenvalue weighted by Gasteiger charge is 2.34. The minimum atomic E-state index is -0.470. The number of hydrogen-bond donors (Lipinski definition) is 2. The first kappa shape index (κ1) is 24.8. The molecule has 11 heteroatoms. The Bertz CT molecular complexity index is 1410. The molecule has 0 amide bonds. The first-order chi connectivity index (χ1) is 18.0. The molecule has 0 saturated carbocycles. The number of anilines is 1. The van der Waals surface area contributed by atoms with Crippen LogP contribution in [0.1, 0.15) is 32.3 Å². The molecule has 2 aliphatic rings.